The molecule has 5 nitrogen and oxygen atoms in total. The van der Waals surface area contributed by atoms with Crippen LogP contribution in [0, 0.1) is 5.92 Å². The summed E-state index contributed by atoms with van der Waals surface area (Å²) in [4.78, 5) is 23.3. The van der Waals surface area contributed by atoms with E-state index in [1.165, 1.54) is 6.08 Å². The summed E-state index contributed by atoms with van der Waals surface area (Å²) in [5.74, 6) is -0.827. The molecule has 0 rings (SSSR count). The molecular weight excluding hydrogens is 284 g/mol. The maximum atomic E-state index is 12.0. The fraction of sp³-hybridized carbons (Fsp3) is 0.529. The summed E-state index contributed by atoms with van der Waals surface area (Å²) >= 11 is 0. The molecule has 0 aliphatic carbocycles. The van der Waals surface area contributed by atoms with Crippen molar-refractivity contribution in [3.05, 3.63) is 37.6 Å². The van der Waals surface area contributed by atoms with Gasteiger partial charge in [-0.1, -0.05) is 38.3 Å². The molecule has 1 atom stereocenters. The van der Waals surface area contributed by atoms with Crippen molar-refractivity contribution in [1.82, 2.24) is 0 Å². The van der Waals surface area contributed by atoms with Gasteiger partial charge in [0.25, 0.3) is 0 Å². The number of ether oxygens (including phenoxy) is 3. The van der Waals surface area contributed by atoms with E-state index in [1.807, 2.05) is 0 Å². The normalized spacial score (nSPS) is 11.1. The second-order valence-electron chi connectivity index (χ2n) is 4.59. The minimum absolute atomic E-state index is 0.146. The maximum Gasteiger partial charge on any atom is 0.316 e. The van der Waals surface area contributed by atoms with E-state index in [-0.39, 0.29) is 19.2 Å². The maximum absolute atomic E-state index is 12.0. The van der Waals surface area contributed by atoms with Crippen molar-refractivity contribution in [1.29, 1.82) is 0 Å². The van der Waals surface area contributed by atoms with Crippen molar-refractivity contribution in [2.75, 3.05) is 19.8 Å². The van der Waals surface area contributed by atoms with Gasteiger partial charge in [0.05, 0.1) is 6.61 Å². The molecular formula is C17H26O5. The highest BCUT2D eigenvalue weighted by atomic mass is 16.5. The molecule has 0 aliphatic rings. The van der Waals surface area contributed by atoms with Crippen molar-refractivity contribution in [3.8, 4) is 0 Å². The first-order valence-corrected chi connectivity index (χ1v) is 7.42. The Balaban J connectivity index is 4.36. The Bertz CT molecular complexity index is 363. The van der Waals surface area contributed by atoms with Crippen LogP contribution in [0.25, 0.3) is 0 Å². The first kappa shape index (κ1) is 20.0. The highest BCUT2D eigenvalue weighted by Gasteiger charge is 2.24. The summed E-state index contributed by atoms with van der Waals surface area (Å²) < 4.78 is 15.3. The average molecular weight is 310 g/mol. The van der Waals surface area contributed by atoms with Crippen molar-refractivity contribution < 1.29 is 23.8 Å². The van der Waals surface area contributed by atoms with Gasteiger partial charge in [-0.3, -0.25) is 9.59 Å². The van der Waals surface area contributed by atoms with Crippen molar-refractivity contribution in [2.24, 2.45) is 5.92 Å². The first-order valence-electron chi connectivity index (χ1n) is 7.42. The van der Waals surface area contributed by atoms with E-state index in [0.717, 1.165) is 0 Å². The number of rotatable bonds is 13. The number of esters is 2. The van der Waals surface area contributed by atoms with E-state index in [9.17, 15) is 9.59 Å². The molecule has 0 radical (unpaired) electrons. The molecule has 0 N–H and O–H groups in total. The lowest BCUT2D eigenvalue weighted by atomic mass is 9.99. The fourth-order valence-electron chi connectivity index (χ4n) is 1.77. The molecule has 1 unspecified atom stereocenters. The predicted octanol–water partition coefficient (Wildman–Crippen LogP) is 3.17. The lowest BCUT2D eigenvalue weighted by Crippen LogP contribution is -2.21. The van der Waals surface area contributed by atoms with Crippen molar-refractivity contribution >= 4 is 11.9 Å². The van der Waals surface area contributed by atoms with Gasteiger partial charge in [0.1, 0.15) is 24.9 Å². The van der Waals surface area contributed by atoms with E-state index >= 15 is 0 Å². The van der Waals surface area contributed by atoms with E-state index in [4.69, 9.17) is 14.2 Å². The highest BCUT2D eigenvalue weighted by Crippen LogP contribution is 2.20. The Morgan fingerprint density at radius 3 is 2.27 bits per heavy atom. The molecule has 0 aromatic heterocycles. The third kappa shape index (κ3) is 9.00. The first-order chi connectivity index (χ1) is 10.6. The molecule has 0 aromatic carbocycles. The third-order valence-corrected chi connectivity index (χ3v) is 2.83. The molecule has 0 saturated carbocycles. The summed E-state index contributed by atoms with van der Waals surface area (Å²) in [7, 11) is 0. The largest absolute Gasteiger partial charge is 0.494 e. The summed E-state index contributed by atoms with van der Waals surface area (Å²) in [5, 5.41) is 0. The standard InChI is InChI=1S/C17H26O5/c1-5-12-21-14(4)15(17(19)22-13-6-2)10-8-9-11-16(18)20-7-3/h5-6,15H,1-2,4,7-13H2,3H3. The zero-order chi connectivity index (χ0) is 16.8. The van der Waals surface area contributed by atoms with Gasteiger partial charge in [0, 0.05) is 6.42 Å². The smallest absolute Gasteiger partial charge is 0.316 e. The Kier molecular flexibility index (Phi) is 11.5. The van der Waals surface area contributed by atoms with Crippen LogP contribution in [-0.2, 0) is 23.8 Å². The van der Waals surface area contributed by atoms with Crippen LogP contribution in [0.3, 0.4) is 0 Å². The zero-order valence-electron chi connectivity index (χ0n) is 13.3. The molecule has 0 saturated heterocycles. The SMILES string of the molecule is C=CCOC(=C)C(CCCCC(=O)OCC)C(=O)OCC=C. The molecule has 0 spiro atoms. The van der Waals surface area contributed by atoms with Crippen molar-refractivity contribution in [3.63, 3.8) is 0 Å². The summed E-state index contributed by atoms with van der Waals surface area (Å²) in [6.07, 6.45) is 5.23. The second-order valence-corrected chi connectivity index (χ2v) is 4.59. The lowest BCUT2D eigenvalue weighted by molar-refractivity contribution is -0.147. The van der Waals surface area contributed by atoms with Crippen LogP contribution in [0.4, 0.5) is 0 Å². The molecule has 0 heterocycles. The number of hydrogen-bond acceptors (Lipinski definition) is 5. The Labute approximate surface area is 132 Å². The van der Waals surface area contributed by atoms with Gasteiger partial charge in [0.2, 0.25) is 0 Å². The number of carbonyl (C=O) groups is 2. The molecule has 124 valence electrons. The van der Waals surface area contributed by atoms with Crippen LogP contribution in [0.2, 0.25) is 0 Å². The second kappa shape index (κ2) is 12.7. The van der Waals surface area contributed by atoms with Gasteiger partial charge < -0.3 is 14.2 Å². The van der Waals surface area contributed by atoms with Gasteiger partial charge in [-0.15, -0.1) is 0 Å². The fourth-order valence-corrected chi connectivity index (χ4v) is 1.77. The van der Waals surface area contributed by atoms with E-state index in [2.05, 4.69) is 19.7 Å². The minimum atomic E-state index is -0.554. The van der Waals surface area contributed by atoms with Gasteiger partial charge in [-0.05, 0) is 19.8 Å². The van der Waals surface area contributed by atoms with Gasteiger partial charge >= 0.3 is 11.9 Å². The summed E-state index contributed by atoms with van der Waals surface area (Å²) in [6, 6.07) is 0. The monoisotopic (exact) mass is 310 g/mol. The van der Waals surface area contributed by atoms with Crippen LogP contribution in [-0.4, -0.2) is 31.8 Å². The van der Waals surface area contributed by atoms with E-state index in [0.29, 0.717) is 38.0 Å². The van der Waals surface area contributed by atoms with Crippen LogP contribution in [0.1, 0.15) is 32.6 Å². The molecule has 0 fully saturated rings. The average Bonchev–Trinajstić information content (AvgIpc) is 2.50. The zero-order valence-corrected chi connectivity index (χ0v) is 13.3. The molecule has 0 bridgehead atoms. The third-order valence-electron chi connectivity index (χ3n) is 2.83. The van der Waals surface area contributed by atoms with Crippen LogP contribution >= 0.6 is 0 Å². The Morgan fingerprint density at radius 1 is 1.05 bits per heavy atom. The molecule has 5 heteroatoms. The topological polar surface area (TPSA) is 61.8 Å². The minimum Gasteiger partial charge on any atom is -0.494 e. The van der Waals surface area contributed by atoms with Crippen molar-refractivity contribution in [2.45, 2.75) is 32.6 Å². The quantitative estimate of drug-likeness (QED) is 0.226. The summed E-state index contributed by atoms with van der Waals surface area (Å²) in [6.45, 7) is 13.4. The molecule has 0 aliphatic heterocycles. The highest BCUT2D eigenvalue weighted by molar-refractivity contribution is 5.75. The Hall–Kier alpha value is -2.04. The number of unbranched alkanes of at least 4 members (excludes halogenated alkanes) is 1. The van der Waals surface area contributed by atoms with E-state index < -0.39 is 11.9 Å². The van der Waals surface area contributed by atoms with E-state index in [1.54, 1.807) is 13.0 Å². The van der Waals surface area contributed by atoms with Gasteiger partial charge in [-0.2, -0.15) is 0 Å². The molecule has 22 heavy (non-hydrogen) atoms. The lowest BCUT2D eigenvalue weighted by Gasteiger charge is -2.18. The Morgan fingerprint density at radius 2 is 1.68 bits per heavy atom. The summed E-state index contributed by atoms with van der Waals surface area (Å²) in [5.41, 5.74) is 0. The predicted molar refractivity (Wildman–Crippen MR) is 85.0 cm³/mol. The van der Waals surface area contributed by atoms with Crippen LogP contribution < -0.4 is 0 Å². The number of carbonyl (C=O) groups excluding carboxylic acids is 2. The van der Waals surface area contributed by atoms with Gasteiger partial charge in [0.15, 0.2) is 0 Å². The molecule has 0 aromatic rings. The molecule has 0 amide bonds. The van der Waals surface area contributed by atoms with Crippen LogP contribution in [0.5, 0.6) is 0 Å². The number of hydrogen-bond donors (Lipinski definition) is 0. The van der Waals surface area contributed by atoms with Gasteiger partial charge in [-0.25, -0.2) is 0 Å². The van der Waals surface area contributed by atoms with Crippen LogP contribution in [0.15, 0.2) is 37.6 Å².